The minimum atomic E-state index is -1.38. The number of nitrogens with one attached hydrogen (secondary N) is 5. The lowest BCUT2D eigenvalue weighted by atomic mass is 9.97. The van der Waals surface area contributed by atoms with Crippen LogP contribution in [0.4, 0.5) is 0 Å². The molecule has 1 aromatic heterocycles. The number of hydrogen-bond donors (Lipinski definition) is 6. The molecule has 0 unspecified atom stereocenters. The van der Waals surface area contributed by atoms with Crippen LogP contribution in [0.5, 0.6) is 5.75 Å². The minimum Gasteiger partial charge on any atom is -0.492 e. The van der Waals surface area contributed by atoms with Gasteiger partial charge in [-0.05, 0) is 36.6 Å². The summed E-state index contributed by atoms with van der Waals surface area (Å²) < 4.78 is 7.40. The molecule has 5 atom stereocenters. The van der Waals surface area contributed by atoms with Crippen LogP contribution in [0.15, 0.2) is 60.8 Å². The van der Waals surface area contributed by atoms with E-state index in [0.717, 1.165) is 5.56 Å². The van der Waals surface area contributed by atoms with Crippen LogP contribution < -0.4 is 31.3 Å². The van der Waals surface area contributed by atoms with E-state index >= 15 is 0 Å². The lowest BCUT2D eigenvalue weighted by molar-refractivity contribution is -0.134. The van der Waals surface area contributed by atoms with Gasteiger partial charge in [-0.2, -0.15) is 0 Å². The fraction of sp³-hybridized carbons (Fsp3) is 0.441. The van der Waals surface area contributed by atoms with Crippen LogP contribution in [-0.4, -0.2) is 87.0 Å². The first-order chi connectivity index (χ1) is 23.5. The van der Waals surface area contributed by atoms with Crippen LogP contribution in [0.3, 0.4) is 0 Å². The van der Waals surface area contributed by atoms with Crippen LogP contribution in [0.1, 0.15) is 55.2 Å². The summed E-state index contributed by atoms with van der Waals surface area (Å²) in [6.07, 6.45) is 0.880. The molecule has 1 aliphatic rings. The number of benzene rings is 2. The number of carbonyl (C=O) groups is 5. The number of hydrogen-bond acceptors (Lipinski definition) is 9. The summed E-state index contributed by atoms with van der Waals surface area (Å²) in [6, 6.07) is 12.4. The molecule has 6 N–H and O–H groups in total. The minimum absolute atomic E-state index is 0.0257. The second-order valence-corrected chi connectivity index (χ2v) is 12.0. The van der Waals surface area contributed by atoms with Crippen molar-refractivity contribution in [2.24, 2.45) is 5.92 Å². The van der Waals surface area contributed by atoms with E-state index in [0.29, 0.717) is 30.0 Å². The quantitative estimate of drug-likeness (QED) is 0.219. The normalized spacial score (nSPS) is 21.6. The van der Waals surface area contributed by atoms with E-state index in [9.17, 15) is 29.1 Å². The van der Waals surface area contributed by atoms with Gasteiger partial charge in [0.25, 0.3) is 5.91 Å². The maximum absolute atomic E-state index is 13.4. The molecule has 0 fully saturated rings. The Hall–Kier alpha value is -5.31. The Kier molecular flexibility index (Phi) is 13.2. The smallest absolute Gasteiger partial charge is 0.252 e. The number of aromatic nitrogens is 3. The van der Waals surface area contributed by atoms with Crippen molar-refractivity contribution in [1.29, 1.82) is 0 Å². The van der Waals surface area contributed by atoms with Crippen molar-refractivity contribution >= 4 is 29.5 Å². The van der Waals surface area contributed by atoms with Gasteiger partial charge in [0.1, 0.15) is 36.2 Å². The number of fused-ring (bicyclic) bond motifs is 4. The molecule has 0 saturated heterocycles. The molecule has 2 heterocycles. The van der Waals surface area contributed by atoms with Gasteiger partial charge in [0.2, 0.25) is 23.6 Å². The van der Waals surface area contributed by atoms with Crippen molar-refractivity contribution < 1.29 is 33.8 Å². The first-order valence-corrected chi connectivity index (χ1v) is 16.3. The fourth-order valence-electron chi connectivity index (χ4n) is 5.12. The van der Waals surface area contributed by atoms with Crippen LogP contribution in [-0.2, 0) is 38.7 Å². The molecule has 5 amide bonds. The topological polar surface area (TPSA) is 206 Å². The van der Waals surface area contributed by atoms with Gasteiger partial charge in [0.05, 0.1) is 25.4 Å². The average molecular weight is 677 g/mol. The summed E-state index contributed by atoms with van der Waals surface area (Å²) in [6.45, 7) is 5.55. The summed E-state index contributed by atoms with van der Waals surface area (Å²) in [5.41, 5.74) is 1.55. The number of ether oxygens (including phenoxy) is 1. The lowest BCUT2D eigenvalue weighted by Gasteiger charge is -2.25. The molecule has 0 aliphatic carbocycles. The monoisotopic (exact) mass is 676 g/mol. The first-order valence-electron chi connectivity index (χ1n) is 16.3. The van der Waals surface area contributed by atoms with E-state index in [-0.39, 0.29) is 38.5 Å². The number of rotatable bonds is 5. The van der Waals surface area contributed by atoms with Gasteiger partial charge < -0.3 is 36.4 Å². The molecule has 0 spiro atoms. The molecule has 15 nitrogen and oxygen atoms in total. The molecular formula is C34H44N8O7. The zero-order valence-corrected chi connectivity index (χ0v) is 27.8. The SMILES string of the molecule is CC[C@H](C)[C@@H]1NC(=O)c2cccc(c2)OCCn2cc(nn2)CNC(=O)[C@@H](Cc2ccccc2)NC(=O)[C@H]([C@@H](C)O)NC(=O)CCNC1=O. The molecular weight excluding hydrogens is 632 g/mol. The second kappa shape index (κ2) is 17.7. The molecule has 262 valence electrons. The summed E-state index contributed by atoms with van der Waals surface area (Å²) in [4.78, 5) is 66.0. The van der Waals surface area contributed by atoms with E-state index in [1.54, 1.807) is 35.1 Å². The summed E-state index contributed by atoms with van der Waals surface area (Å²) in [5, 5.41) is 32.0. The molecule has 1 aliphatic heterocycles. The highest BCUT2D eigenvalue weighted by atomic mass is 16.5. The maximum Gasteiger partial charge on any atom is 0.252 e. The zero-order chi connectivity index (χ0) is 35.3. The van der Waals surface area contributed by atoms with E-state index in [2.05, 4.69) is 36.9 Å². The van der Waals surface area contributed by atoms with Crippen LogP contribution in [0.25, 0.3) is 0 Å². The van der Waals surface area contributed by atoms with Gasteiger partial charge in [-0.15, -0.1) is 5.10 Å². The Morgan fingerprint density at radius 3 is 2.43 bits per heavy atom. The van der Waals surface area contributed by atoms with Crippen molar-refractivity contribution in [3.05, 3.63) is 77.6 Å². The summed E-state index contributed by atoms with van der Waals surface area (Å²) >= 11 is 0. The van der Waals surface area contributed by atoms with E-state index < -0.39 is 53.8 Å². The average Bonchev–Trinajstić information content (AvgIpc) is 3.55. The molecule has 3 aromatic rings. The number of amides is 5. The Morgan fingerprint density at radius 2 is 1.69 bits per heavy atom. The predicted octanol–water partition coefficient (Wildman–Crippen LogP) is 0.231. The van der Waals surface area contributed by atoms with E-state index in [1.165, 1.54) is 6.92 Å². The Morgan fingerprint density at radius 1 is 0.918 bits per heavy atom. The third-order valence-corrected chi connectivity index (χ3v) is 8.15. The fourth-order valence-corrected chi connectivity index (χ4v) is 5.12. The Bertz CT molecular complexity index is 1600. The Balaban J connectivity index is 1.56. The standard InChI is InChI=1S/C34H44N8O7/c1-4-21(2)29-33(47)35-14-13-28(44)38-30(22(3)43)34(48)37-27(17-23-9-6-5-7-10-23)32(46)36-19-25-20-42(41-40-25)15-16-49-26-12-8-11-24(18-26)31(45)39-29/h5-12,18,20-22,27,29-30,43H,4,13-17,19H2,1-3H3,(H,35,47)(H,36,46)(H,37,48)(H,38,44)(H,39,45)/t21-,22+,27+,29-,30-/m0/s1. The van der Waals surface area contributed by atoms with Crippen LogP contribution >= 0.6 is 0 Å². The van der Waals surface area contributed by atoms with Gasteiger partial charge in [-0.3, -0.25) is 24.0 Å². The molecule has 0 radical (unpaired) electrons. The number of aliphatic hydroxyl groups is 1. The molecule has 49 heavy (non-hydrogen) atoms. The van der Waals surface area contributed by atoms with Crippen molar-refractivity contribution in [2.45, 2.75) is 77.4 Å². The third kappa shape index (κ3) is 10.9. The molecule has 4 rings (SSSR count). The maximum atomic E-state index is 13.4. The van der Waals surface area contributed by atoms with Crippen LogP contribution in [0, 0.1) is 5.92 Å². The number of aliphatic hydroxyl groups excluding tert-OH is 1. The zero-order valence-electron chi connectivity index (χ0n) is 27.8. The number of carbonyl (C=O) groups excluding carboxylic acids is 5. The van der Waals surface area contributed by atoms with Gasteiger partial charge >= 0.3 is 0 Å². The van der Waals surface area contributed by atoms with Gasteiger partial charge in [-0.25, -0.2) is 4.68 Å². The predicted molar refractivity (Wildman–Crippen MR) is 178 cm³/mol. The summed E-state index contributed by atoms with van der Waals surface area (Å²) in [5.74, 6) is -2.59. The van der Waals surface area contributed by atoms with Gasteiger partial charge in [0, 0.05) is 24.9 Å². The molecule has 15 heteroatoms. The number of nitrogens with zero attached hydrogens (tertiary/aromatic N) is 3. The highest BCUT2D eigenvalue weighted by Gasteiger charge is 2.31. The highest BCUT2D eigenvalue weighted by molar-refractivity contribution is 5.98. The highest BCUT2D eigenvalue weighted by Crippen LogP contribution is 2.15. The molecule has 4 bridgehead atoms. The van der Waals surface area contributed by atoms with Gasteiger partial charge in [-0.1, -0.05) is 61.9 Å². The first kappa shape index (κ1) is 36.5. The van der Waals surface area contributed by atoms with Crippen molar-refractivity contribution in [3.8, 4) is 5.75 Å². The lowest BCUT2D eigenvalue weighted by Crippen LogP contribution is -2.57. The van der Waals surface area contributed by atoms with Crippen molar-refractivity contribution in [3.63, 3.8) is 0 Å². The van der Waals surface area contributed by atoms with E-state index in [4.69, 9.17) is 4.74 Å². The Labute approximate surface area is 284 Å². The van der Waals surface area contributed by atoms with E-state index in [1.807, 2.05) is 44.2 Å². The molecule has 2 aromatic carbocycles. The van der Waals surface area contributed by atoms with Crippen LogP contribution in [0.2, 0.25) is 0 Å². The second-order valence-electron chi connectivity index (χ2n) is 12.0. The van der Waals surface area contributed by atoms with Crippen molar-refractivity contribution in [1.82, 2.24) is 41.6 Å². The largest absolute Gasteiger partial charge is 0.492 e. The van der Waals surface area contributed by atoms with Gasteiger partial charge in [0.15, 0.2) is 0 Å². The summed E-state index contributed by atoms with van der Waals surface area (Å²) in [7, 11) is 0. The molecule has 0 saturated carbocycles. The third-order valence-electron chi connectivity index (χ3n) is 8.15. The van der Waals surface area contributed by atoms with Crippen molar-refractivity contribution in [2.75, 3.05) is 13.2 Å².